The molecule has 1 aromatic heterocycles. The van der Waals surface area contributed by atoms with Crippen molar-refractivity contribution in [1.29, 1.82) is 0 Å². The van der Waals surface area contributed by atoms with Crippen molar-refractivity contribution < 1.29 is 14.6 Å². The van der Waals surface area contributed by atoms with Crippen molar-refractivity contribution >= 4 is 17.3 Å². The van der Waals surface area contributed by atoms with Crippen LogP contribution < -0.4 is 0 Å². The van der Waals surface area contributed by atoms with E-state index < -0.39 is 6.10 Å². The monoisotopic (exact) mass is 228 g/mol. The standard InChI is InChI=1S/C11H16O3S/c1-2-3-6-14-11(13)8-9(12)10-5-4-7-15-10/h4-5,7,9,12H,2-3,6,8H2,1H3/t9-/m1/s1. The van der Waals surface area contributed by atoms with E-state index in [-0.39, 0.29) is 12.4 Å². The van der Waals surface area contributed by atoms with Crippen LogP contribution in [0.3, 0.4) is 0 Å². The number of rotatable bonds is 6. The number of aliphatic hydroxyl groups is 1. The zero-order valence-corrected chi connectivity index (χ0v) is 9.63. The van der Waals surface area contributed by atoms with Crippen molar-refractivity contribution in [1.82, 2.24) is 0 Å². The summed E-state index contributed by atoms with van der Waals surface area (Å²) in [6.45, 7) is 2.49. The van der Waals surface area contributed by atoms with Crippen LogP contribution in [0.2, 0.25) is 0 Å². The Morgan fingerprint density at radius 2 is 2.47 bits per heavy atom. The van der Waals surface area contributed by atoms with Gasteiger partial charge in [0.15, 0.2) is 0 Å². The van der Waals surface area contributed by atoms with Crippen LogP contribution in [-0.2, 0) is 9.53 Å². The number of unbranched alkanes of at least 4 members (excludes halogenated alkanes) is 1. The molecule has 0 unspecified atom stereocenters. The maximum absolute atomic E-state index is 11.2. The van der Waals surface area contributed by atoms with Gasteiger partial charge in [0.25, 0.3) is 0 Å². The van der Waals surface area contributed by atoms with Crippen molar-refractivity contribution in [3.63, 3.8) is 0 Å². The Kier molecular flexibility index (Phi) is 5.36. The lowest BCUT2D eigenvalue weighted by Gasteiger charge is -2.08. The summed E-state index contributed by atoms with van der Waals surface area (Å²) >= 11 is 1.44. The smallest absolute Gasteiger partial charge is 0.308 e. The first-order chi connectivity index (χ1) is 7.24. The van der Waals surface area contributed by atoms with Gasteiger partial charge in [-0.25, -0.2) is 0 Å². The zero-order valence-electron chi connectivity index (χ0n) is 8.81. The van der Waals surface area contributed by atoms with Crippen molar-refractivity contribution in [3.8, 4) is 0 Å². The van der Waals surface area contributed by atoms with E-state index in [0.29, 0.717) is 6.61 Å². The van der Waals surface area contributed by atoms with Crippen LogP contribution in [0, 0.1) is 0 Å². The maximum Gasteiger partial charge on any atom is 0.308 e. The largest absolute Gasteiger partial charge is 0.466 e. The van der Waals surface area contributed by atoms with Gasteiger partial charge in [0.05, 0.1) is 19.1 Å². The molecule has 0 radical (unpaired) electrons. The highest BCUT2D eigenvalue weighted by Crippen LogP contribution is 2.21. The molecule has 0 aromatic carbocycles. The van der Waals surface area contributed by atoms with Gasteiger partial charge >= 0.3 is 5.97 Å². The van der Waals surface area contributed by atoms with Crippen LogP contribution in [0.25, 0.3) is 0 Å². The van der Waals surface area contributed by atoms with Crippen LogP contribution >= 0.6 is 11.3 Å². The fourth-order valence-electron chi connectivity index (χ4n) is 1.13. The molecular weight excluding hydrogens is 212 g/mol. The maximum atomic E-state index is 11.2. The molecule has 15 heavy (non-hydrogen) atoms. The summed E-state index contributed by atoms with van der Waals surface area (Å²) < 4.78 is 4.96. The lowest BCUT2D eigenvalue weighted by atomic mass is 10.2. The number of thiophene rings is 1. The topological polar surface area (TPSA) is 46.5 Å². The average molecular weight is 228 g/mol. The quantitative estimate of drug-likeness (QED) is 0.601. The fourth-order valence-corrected chi connectivity index (χ4v) is 1.84. The van der Waals surface area contributed by atoms with Crippen LogP contribution in [0.1, 0.15) is 37.2 Å². The molecule has 0 saturated carbocycles. The van der Waals surface area contributed by atoms with Crippen LogP contribution in [0.15, 0.2) is 17.5 Å². The van der Waals surface area contributed by atoms with Gasteiger partial charge in [-0.05, 0) is 17.9 Å². The normalized spacial score (nSPS) is 12.4. The first-order valence-electron chi connectivity index (χ1n) is 5.11. The molecule has 1 rings (SSSR count). The Morgan fingerprint density at radius 1 is 1.67 bits per heavy atom. The molecule has 0 amide bonds. The predicted octanol–water partition coefficient (Wildman–Crippen LogP) is 2.51. The van der Waals surface area contributed by atoms with E-state index in [0.717, 1.165) is 17.7 Å². The number of ether oxygens (including phenoxy) is 1. The number of esters is 1. The van der Waals surface area contributed by atoms with Crippen molar-refractivity contribution in [2.24, 2.45) is 0 Å². The summed E-state index contributed by atoms with van der Waals surface area (Å²) in [5, 5.41) is 11.5. The number of carbonyl (C=O) groups excluding carboxylic acids is 1. The minimum absolute atomic E-state index is 0.0459. The van der Waals surface area contributed by atoms with Crippen molar-refractivity contribution in [2.45, 2.75) is 32.3 Å². The van der Waals surface area contributed by atoms with Crippen LogP contribution in [-0.4, -0.2) is 17.7 Å². The Bertz CT molecular complexity index is 282. The van der Waals surface area contributed by atoms with E-state index >= 15 is 0 Å². The van der Waals surface area contributed by atoms with Gasteiger partial charge in [-0.2, -0.15) is 0 Å². The molecule has 1 atom stereocenters. The van der Waals surface area contributed by atoms with Gasteiger partial charge in [0, 0.05) is 4.88 Å². The number of carbonyl (C=O) groups is 1. The second kappa shape index (κ2) is 6.58. The third-order valence-electron chi connectivity index (χ3n) is 1.99. The number of hydrogen-bond donors (Lipinski definition) is 1. The van der Waals surface area contributed by atoms with Gasteiger partial charge in [-0.15, -0.1) is 11.3 Å². The highest BCUT2D eigenvalue weighted by atomic mass is 32.1. The molecular formula is C11H16O3S. The number of hydrogen-bond acceptors (Lipinski definition) is 4. The molecule has 0 saturated heterocycles. The van der Waals surface area contributed by atoms with E-state index in [4.69, 9.17) is 4.74 Å². The molecule has 0 aliphatic carbocycles. The highest BCUT2D eigenvalue weighted by molar-refractivity contribution is 7.10. The van der Waals surface area contributed by atoms with E-state index in [1.54, 1.807) is 0 Å². The summed E-state index contributed by atoms with van der Waals surface area (Å²) in [7, 11) is 0. The summed E-state index contributed by atoms with van der Waals surface area (Å²) in [6.07, 6.45) is 1.20. The van der Waals surface area contributed by atoms with Gasteiger partial charge < -0.3 is 9.84 Å². The lowest BCUT2D eigenvalue weighted by Crippen LogP contribution is -2.10. The third-order valence-corrected chi connectivity index (χ3v) is 2.97. The SMILES string of the molecule is CCCCOC(=O)C[C@@H](O)c1cccs1. The Morgan fingerprint density at radius 3 is 3.07 bits per heavy atom. The van der Waals surface area contributed by atoms with E-state index in [1.807, 2.05) is 24.4 Å². The van der Waals surface area contributed by atoms with E-state index in [9.17, 15) is 9.90 Å². The third kappa shape index (κ3) is 4.44. The number of aliphatic hydroxyl groups excluding tert-OH is 1. The molecule has 1 N–H and O–H groups in total. The average Bonchev–Trinajstić information content (AvgIpc) is 2.70. The molecule has 4 heteroatoms. The summed E-state index contributed by atoms with van der Waals surface area (Å²) in [5.41, 5.74) is 0. The highest BCUT2D eigenvalue weighted by Gasteiger charge is 2.14. The second-order valence-electron chi connectivity index (χ2n) is 3.31. The molecule has 0 aliphatic heterocycles. The van der Waals surface area contributed by atoms with Gasteiger partial charge in [-0.1, -0.05) is 19.4 Å². The predicted molar refractivity (Wildman–Crippen MR) is 59.8 cm³/mol. The summed E-state index contributed by atoms with van der Waals surface area (Å²) in [6, 6.07) is 3.67. The molecule has 0 bridgehead atoms. The van der Waals surface area contributed by atoms with Crippen molar-refractivity contribution in [2.75, 3.05) is 6.61 Å². The molecule has 3 nitrogen and oxygen atoms in total. The second-order valence-corrected chi connectivity index (χ2v) is 4.29. The first kappa shape index (κ1) is 12.2. The van der Waals surface area contributed by atoms with Gasteiger partial charge in [-0.3, -0.25) is 4.79 Å². The Labute approximate surface area is 93.7 Å². The molecule has 0 fully saturated rings. The lowest BCUT2D eigenvalue weighted by molar-refractivity contribution is -0.146. The van der Waals surface area contributed by atoms with Crippen molar-refractivity contribution in [3.05, 3.63) is 22.4 Å². The minimum Gasteiger partial charge on any atom is -0.466 e. The van der Waals surface area contributed by atoms with E-state index in [1.165, 1.54) is 11.3 Å². The molecule has 1 heterocycles. The van der Waals surface area contributed by atoms with Crippen LogP contribution in [0.4, 0.5) is 0 Å². The summed E-state index contributed by atoms with van der Waals surface area (Å²) in [4.78, 5) is 12.1. The Hall–Kier alpha value is -0.870. The molecule has 84 valence electrons. The zero-order chi connectivity index (χ0) is 11.1. The summed E-state index contributed by atoms with van der Waals surface area (Å²) in [5.74, 6) is -0.329. The first-order valence-corrected chi connectivity index (χ1v) is 5.99. The molecule has 0 aliphatic rings. The molecule has 1 aromatic rings. The Balaban J connectivity index is 2.26. The van der Waals surface area contributed by atoms with Crippen LogP contribution in [0.5, 0.6) is 0 Å². The fraction of sp³-hybridized carbons (Fsp3) is 0.545. The minimum atomic E-state index is -0.723. The van der Waals surface area contributed by atoms with Gasteiger partial charge in [0.2, 0.25) is 0 Å². The van der Waals surface area contributed by atoms with E-state index in [2.05, 4.69) is 0 Å². The molecule has 0 spiro atoms. The van der Waals surface area contributed by atoms with Gasteiger partial charge in [0.1, 0.15) is 0 Å².